The maximum Gasteiger partial charge on any atom is 0.168 e. The van der Waals surface area contributed by atoms with Crippen LogP contribution in [0.15, 0.2) is 36.9 Å². The Bertz CT molecular complexity index is 566. The van der Waals surface area contributed by atoms with Crippen molar-refractivity contribution in [3.05, 3.63) is 42.5 Å². The van der Waals surface area contributed by atoms with Gasteiger partial charge in [-0.15, -0.1) is 6.58 Å². The number of phenols is 1. The Kier molecular flexibility index (Phi) is 5.00. The first-order chi connectivity index (χ1) is 11.5. The van der Waals surface area contributed by atoms with Gasteiger partial charge in [-0.25, -0.2) is 0 Å². The third kappa shape index (κ3) is 3.23. The van der Waals surface area contributed by atoms with Gasteiger partial charge in [-0.2, -0.15) is 0 Å². The third-order valence-electron chi connectivity index (χ3n) is 5.74. The van der Waals surface area contributed by atoms with E-state index in [0.29, 0.717) is 11.7 Å². The monoisotopic (exact) mass is 331 g/mol. The molecular formula is C20H29NO3. The number of aromatic hydroxyl groups is 1. The first-order valence-corrected chi connectivity index (χ1v) is 8.85. The molecule has 2 aliphatic rings. The summed E-state index contributed by atoms with van der Waals surface area (Å²) < 4.78 is 12.3. The largest absolute Gasteiger partial charge is 0.508 e. The van der Waals surface area contributed by atoms with Gasteiger partial charge in [0.15, 0.2) is 5.79 Å². The molecule has 1 aromatic carbocycles. The average Bonchev–Trinajstić information content (AvgIpc) is 2.58. The Morgan fingerprint density at radius 2 is 1.88 bits per heavy atom. The van der Waals surface area contributed by atoms with Crippen LogP contribution in [-0.4, -0.2) is 43.1 Å². The van der Waals surface area contributed by atoms with E-state index in [9.17, 15) is 5.11 Å². The van der Waals surface area contributed by atoms with Crippen LogP contribution in [0.25, 0.3) is 0 Å². The maximum atomic E-state index is 9.89. The van der Waals surface area contributed by atoms with E-state index in [1.165, 1.54) is 5.56 Å². The van der Waals surface area contributed by atoms with Crippen molar-refractivity contribution in [1.82, 2.24) is 4.90 Å². The van der Waals surface area contributed by atoms with Crippen molar-refractivity contribution in [3.8, 4) is 5.75 Å². The van der Waals surface area contributed by atoms with Crippen LogP contribution in [0.5, 0.6) is 5.75 Å². The van der Waals surface area contributed by atoms with E-state index >= 15 is 0 Å². The van der Waals surface area contributed by atoms with Gasteiger partial charge in [0.25, 0.3) is 0 Å². The molecule has 1 saturated carbocycles. The molecule has 2 fully saturated rings. The molecule has 0 radical (unpaired) electrons. The molecule has 0 amide bonds. The van der Waals surface area contributed by atoms with Crippen molar-refractivity contribution in [2.45, 2.75) is 43.4 Å². The average molecular weight is 331 g/mol. The molecule has 0 aromatic heterocycles. The van der Waals surface area contributed by atoms with Crippen LogP contribution in [0, 0.1) is 5.92 Å². The number of nitrogens with zero attached hydrogens (tertiary/aromatic N) is 1. The number of rotatable bonds is 4. The van der Waals surface area contributed by atoms with Gasteiger partial charge in [0.1, 0.15) is 5.75 Å². The fraction of sp³-hybridized carbons (Fsp3) is 0.600. The molecule has 4 heteroatoms. The SMILES string of the molecule is C=CCC1COC2(CCC(c3cccc(O)c3)(N(C)C)CC2)OC1. The topological polar surface area (TPSA) is 41.9 Å². The van der Waals surface area contributed by atoms with Gasteiger partial charge in [0, 0.05) is 24.3 Å². The van der Waals surface area contributed by atoms with Crippen molar-refractivity contribution in [3.63, 3.8) is 0 Å². The summed E-state index contributed by atoms with van der Waals surface area (Å²) >= 11 is 0. The smallest absolute Gasteiger partial charge is 0.168 e. The van der Waals surface area contributed by atoms with Gasteiger partial charge in [0.2, 0.25) is 0 Å². The van der Waals surface area contributed by atoms with Gasteiger partial charge in [-0.1, -0.05) is 18.2 Å². The summed E-state index contributed by atoms with van der Waals surface area (Å²) in [5, 5.41) is 9.89. The summed E-state index contributed by atoms with van der Waals surface area (Å²) in [6.07, 6.45) is 6.55. The number of allylic oxidation sites excluding steroid dienone is 1. The van der Waals surface area contributed by atoms with Gasteiger partial charge < -0.3 is 14.6 Å². The minimum atomic E-state index is -0.423. The Balaban J connectivity index is 1.73. The molecule has 1 N–H and O–H groups in total. The molecule has 1 aromatic rings. The Hall–Kier alpha value is -1.36. The zero-order valence-electron chi connectivity index (χ0n) is 14.8. The van der Waals surface area contributed by atoms with Gasteiger partial charge >= 0.3 is 0 Å². The van der Waals surface area contributed by atoms with Crippen molar-refractivity contribution >= 4 is 0 Å². The summed E-state index contributed by atoms with van der Waals surface area (Å²) in [5.41, 5.74) is 1.09. The highest BCUT2D eigenvalue weighted by Gasteiger charge is 2.48. The van der Waals surface area contributed by atoms with E-state index in [1.54, 1.807) is 6.07 Å². The summed E-state index contributed by atoms with van der Waals surface area (Å²) in [6.45, 7) is 5.31. The zero-order chi connectivity index (χ0) is 17.2. The van der Waals surface area contributed by atoms with Crippen LogP contribution in [0.2, 0.25) is 0 Å². The highest BCUT2D eigenvalue weighted by molar-refractivity contribution is 5.33. The Morgan fingerprint density at radius 3 is 2.42 bits per heavy atom. The van der Waals surface area contributed by atoms with Crippen LogP contribution < -0.4 is 0 Å². The van der Waals surface area contributed by atoms with Crippen LogP contribution >= 0.6 is 0 Å². The molecule has 0 unspecified atom stereocenters. The number of hydrogen-bond donors (Lipinski definition) is 1. The first-order valence-electron chi connectivity index (χ1n) is 8.85. The highest BCUT2D eigenvalue weighted by atomic mass is 16.7. The zero-order valence-corrected chi connectivity index (χ0v) is 14.8. The van der Waals surface area contributed by atoms with Crippen molar-refractivity contribution < 1.29 is 14.6 Å². The van der Waals surface area contributed by atoms with E-state index in [1.807, 2.05) is 18.2 Å². The quantitative estimate of drug-likeness (QED) is 0.855. The second-order valence-electron chi connectivity index (χ2n) is 7.40. The minimum Gasteiger partial charge on any atom is -0.508 e. The summed E-state index contributed by atoms with van der Waals surface area (Å²) in [4.78, 5) is 2.28. The second-order valence-corrected chi connectivity index (χ2v) is 7.40. The predicted octanol–water partition coefficient (Wildman–Crippen LogP) is 3.66. The predicted molar refractivity (Wildman–Crippen MR) is 94.9 cm³/mol. The number of ether oxygens (including phenoxy) is 2. The Morgan fingerprint density at radius 1 is 1.21 bits per heavy atom. The molecule has 3 rings (SSSR count). The maximum absolute atomic E-state index is 9.89. The summed E-state index contributed by atoms with van der Waals surface area (Å²) in [7, 11) is 4.23. The molecule has 1 aliphatic carbocycles. The molecule has 24 heavy (non-hydrogen) atoms. The van der Waals surface area contributed by atoms with E-state index < -0.39 is 5.79 Å². The molecule has 0 atom stereocenters. The highest BCUT2D eigenvalue weighted by Crippen LogP contribution is 2.48. The standard InChI is InChI=1S/C20H29NO3/c1-4-6-16-14-23-20(24-15-16)11-9-19(10-12-20,21(2)3)17-7-5-8-18(22)13-17/h4-5,7-8,13,16,22H,1,6,9-12,14-15H2,2-3H3. The molecular weight excluding hydrogens is 302 g/mol. The fourth-order valence-corrected chi connectivity index (χ4v) is 4.12. The van der Waals surface area contributed by atoms with Crippen LogP contribution in [0.4, 0.5) is 0 Å². The third-order valence-corrected chi connectivity index (χ3v) is 5.74. The minimum absolute atomic E-state index is 0.0747. The van der Waals surface area contributed by atoms with Crippen molar-refractivity contribution in [2.75, 3.05) is 27.3 Å². The summed E-state index contributed by atoms with van der Waals surface area (Å²) in [5.74, 6) is 0.333. The van der Waals surface area contributed by atoms with Crippen molar-refractivity contribution in [2.24, 2.45) is 5.92 Å². The lowest BCUT2D eigenvalue weighted by molar-refractivity contribution is -0.302. The second kappa shape index (κ2) is 6.87. The van der Waals surface area contributed by atoms with Gasteiger partial charge in [-0.05, 0) is 51.1 Å². The molecule has 132 valence electrons. The lowest BCUT2D eigenvalue weighted by atomic mass is 9.73. The van der Waals surface area contributed by atoms with E-state index in [4.69, 9.17) is 9.47 Å². The lowest BCUT2D eigenvalue weighted by Crippen LogP contribution is -2.53. The Labute approximate surface area is 145 Å². The lowest BCUT2D eigenvalue weighted by Gasteiger charge is -2.51. The van der Waals surface area contributed by atoms with Crippen LogP contribution in [0.1, 0.15) is 37.7 Å². The number of phenolic OH excluding ortho intramolecular Hbond substituents is 1. The van der Waals surface area contributed by atoms with Crippen molar-refractivity contribution in [1.29, 1.82) is 0 Å². The van der Waals surface area contributed by atoms with Crippen LogP contribution in [0.3, 0.4) is 0 Å². The van der Waals surface area contributed by atoms with Crippen LogP contribution in [-0.2, 0) is 15.0 Å². The number of hydrogen-bond acceptors (Lipinski definition) is 4. The van der Waals surface area contributed by atoms with E-state index in [0.717, 1.165) is 45.3 Å². The molecule has 1 spiro atoms. The molecule has 1 saturated heterocycles. The summed E-state index contributed by atoms with van der Waals surface area (Å²) in [6, 6.07) is 7.65. The molecule has 1 heterocycles. The van der Waals surface area contributed by atoms with Gasteiger partial charge in [-0.3, -0.25) is 4.90 Å². The fourth-order valence-electron chi connectivity index (χ4n) is 4.12. The first kappa shape index (κ1) is 17.5. The number of benzene rings is 1. The van der Waals surface area contributed by atoms with Gasteiger partial charge in [0.05, 0.1) is 13.2 Å². The molecule has 4 nitrogen and oxygen atoms in total. The molecule has 0 bridgehead atoms. The molecule has 1 aliphatic heterocycles. The van der Waals surface area contributed by atoms with E-state index in [2.05, 4.69) is 31.6 Å². The van der Waals surface area contributed by atoms with E-state index in [-0.39, 0.29) is 5.54 Å². The normalized spacial score (nSPS) is 33.7.